The van der Waals surface area contributed by atoms with E-state index >= 15 is 0 Å². The molecule has 2 aromatic rings. The number of aromatic nitrogens is 5. The van der Waals surface area contributed by atoms with Gasteiger partial charge in [0.1, 0.15) is 24.8 Å². The fourth-order valence-corrected chi connectivity index (χ4v) is 4.08. The van der Waals surface area contributed by atoms with Crippen LogP contribution in [0.2, 0.25) is 0 Å². The van der Waals surface area contributed by atoms with Crippen LogP contribution in [0.3, 0.4) is 0 Å². The fraction of sp³-hybridized carbons (Fsp3) is 0.579. The van der Waals surface area contributed by atoms with Crippen molar-refractivity contribution in [2.24, 2.45) is 11.8 Å². The summed E-state index contributed by atoms with van der Waals surface area (Å²) in [4.78, 5) is 41.2. The number of nitrogens with zero attached hydrogens (tertiary/aromatic N) is 7. The van der Waals surface area contributed by atoms with Crippen molar-refractivity contribution in [2.75, 3.05) is 38.2 Å². The normalized spacial score (nSPS) is 18.7. The summed E-state index contributed by atoms with van der Waals surface area (Å²) in [7, 11) is 1.42. The molecule has 0 unspecified atom stereocenters. The Morgan fingerprint density at radius 1 is 0.966 bits per heavy atom. The summed E-state index contributed by atoms with van der Waals surface area (Å²) in [5, 5.41) is 4.10. The molecule has 0 aliphatic carbocycles. The van der Waals surface area contributed by atoms with Gasteiger partial charge in [-0.2, -0.15) is 5.10 Å². The Balaban J connectivity index is 1.31. The number of likely N-dealkylation sites (tertiary alicyclic amines) is 1. The molecule has 1 amide bonds. The van der Waals surface area contributed by atoms with Gasteiger partial charge in [0.05, 0.1) is 13.0 Å². The molecule has 154 valence electrons. The molecule has 0 N–H and O–H groups in total. The van der Waals surface area contributed by atoms with Crippen LogP contribution in [0.25, 0.3) is 5.82 Å². The molecule has 0 bridgehead atoms. The molecule has 4 rings (SSSR count). The fourth-order valence-electron chi connectivity index (χ4n) is 4.08. The highest BCUT2D eigenvalue weighted by Gasteiger charge is 2.33. The molecule has 2 aliphatic heterocycles. The Kier molecular flexibility index (Phi) is 5.68. The largest absolute Gasteiger partial charge is 0.469 e. The number of ether oxygens (including phenoxy) is 1. The predicted molar refractivity (Wildman–Crippen MR) is 103 cm³/mol. The predicted octanol–water partition coefficient (Wildman–Crippen LogP) is 0.685. The minimum atomic E-state index is -0.166. The van der Waals surface area contributed by atoms with E-state index in [2.05, 4.69) is 25.0 Å². The zero-order valence-corrected chi connectivity index (χ0v) is 16.5. The van der Waals surface area contributed by atoms with Gasteiger partial charge in [0.15, 0.2) is 5.82 Å². The van der Waals surface area contributed by atoms with E-state index in [0.717, 1.165) is 31.7 Å². The smallest absolute Gasteiger partial charge is 0.308 e. The number of esters is 1. The number of methoxy groups -OCH3 is 1. The first kappa shape index (κ1) is 19.3. The number of amides is 1. The van der Waals surface area contributed by atoms with Crippen LogP contribution in [-0.2, 0) is 14.3 Å². The molecule has 0 spiro atoms. The quantitative estimate of drug-likeness (QED) is 0.691. The lowest BCUT2D eigenvalue weighted by Gasteiger charge is -2.37. The van der Waals surface area contributed by atoms with Crippen molar-refractivity contribution < 1.29 is 14.3 Å². The van der Waals surface area contributed by atoms with E-state index in [1.165, 1.54) is 19.8 Å². The van der Waals surface area contributed by atoms with Crippen LogP contribution in [-0.4, -0.2) is 74.8 Å². The maximum Gasteiger partial charge on any atom is 0.308 e. The first-order valence-corrected chi connectivity index (χ1v) is 9.94. The Bertz CT molecular complexity index is 841. The van der Waals surface area contributed by atoms with Gasteiger partial charge in [-0.05, 0) is 25.7 Å². The average Bonchev–Trinajstić information content (AvgIpc) is 3.33. The highest BCUT2D eigenvalue weighted by Crippen LogP contribution is 2.26. The number of piperidine rings is 2. The lowest BCUT2D eigenvalue weighted by atomic mass is 9.92. The van der Waals surface area contributed by atoms with Gasteiger partial charge in [-0.1, -0.05) is 0 Å². The molecule has 2 aliphatic rings. The second kappa shape index (κ2) is 8.54. The summed E-state index contributed by atoms with van der Waals surface area (Å²) in [6.07, 6.45) is 7.53. The Labute approximate surface area is 168 Å². The lowest BCUT2D eigenvalue weighted by molar-refractivity contribution is -0.149. The second-order valence-electron chi connectivity index (χ2n) is 7.46. The maximum atomic E-state index is 12.9. The summed E-state index contributed by atoms with van der Waals surface area (Å²) in [5.74, 6) is 1.48. The Hall–Kier alpha value is -3.04. The first-order chi connectivity index (χ1) is 14.2. The molecule has 0 atom stereocenters. The highest BCUT2D eigenvalue weighted by molar-refractivity contribution is 5.80. The standard InChI is InChI=1S/C19H25N7O3/c1-29-19(28)15-4-8-25(9-5-15)18(27)14-2-6-24(7-3-14)16-10-17(22-12-21-16)26-13-20-11-23-26/h10-15H,2-9H2,1H3. The lowest BCUT2D eigenvalue weighted by Crippen LogP contribution is -2.46. The molecule has 29 heavy (non-hydrogen) atoms. The SMILES string of the molecule is COC(=O)C1CCN(C(=O)C2CCN(c3cc(-n4cncn4)ncn3)CC2)CC1. The molecule has 0 saturated carbocycles. The third-order valence-corrected chi connectivity index (χ3v) is 5.80. The molecule has 2 aromatic heterocycles. The van der Waals surface area contributed by atoms with Crippen LogP contribution in [0.5, 0.6) is 0 Å². The first-order valence-electron chi connectivity index (χ1n) is 9.94. The molecule has 0 radical (unpaired) electrons. The number of carbonyl (C=O) groups excluding carboxylic acids is 2. The molecule has 10 nitrogen and oxygen atoms in total. The molecule has 2 saturated heterocycles. The van der Waals surface area contributed by atoms with Crippen molar-refractivity contribution in [3.05, 3.63) is 25.0 Å². The van der Waals surface area contributed by atoms with E-state index in [9.17, 15) is 9.59 Å². The number of carbonyl (C=O) groups is 2. The number of hydrogen-bond acceptors (Lipinski definition) is 8. The minimum Gasteiger partial charge on any atom is -0.469 e. The van der Waals surface area contributed by atoms with E-state index in [-0.39, 0.29) is 23.7 Å². The van der Waals surface area contributed by atoms with Gasteiger partial charge in [-0.15, -0.1) is 0 Å². The van der Waals surface area contributed by atoms with Gasteiger partial charge in [-0.25, -0.2) is 19.6 Å². The topological polar surface area (TPSA) is 106 Å². The van der Waals surface area contributed by atoms with E-state index in [0.29, 0.717) is 31.7 Å². The Morgan fingerprint density at radius 2 is 1.66 bits per heavy atom. The van der Waals surface area contributed by atoms with Gasteiger partial charge in [-0.3, -0.25) is 9.59 Å². The van der Waals surface area contributed by atoms with Crippen molar-refractivity contribution >= 4 is 17.7 Å². The summed E-state index contributed by atoms with van der Waals surface area (Å²) < 4.78 is 6.42. The van der Waals surface area contributed by atoms with Crippen LogP contribution in [0.4, 0.5) is 5.82 Å². The van der Waals surface area contributed by atoms with Gasteiger partial charge >= 0.3 is 5.97 Å². The molecule has 2 fully saturated rings. The van der Waals surface area contributed by atoms with Crippen LogP contribution in [0.1, 0.15) is 25.7 Å². The molecular weight excluding hydrogens is 374 g/mol. The monoisotopic (exact) mass is 399 g/mol. The van der Waals surface area contributed by atoms with Crippen molar-refractivity contribution in [1.82, 2.24) is 29.6 Å². The summed E-state index contributed by atoms with van der Waals surface area (Å²) in [6, 6.07) is 1.88. The van der Waals surface area contributed by atoms with E-state index in [4.69, 9.17) is 4.74 Å². The zero-order valence-electron chi connectivity index (χ0n) is 16.5. The minimum absolute atomic E-state index is 0.0255. The van der Waals surface area contributed by atoms with Crippen molar-refractivity contribution in [3.63, 3.8) is 0 Å². The second-order valence-corrected chi connectivity index (χ2v) is 7.46. The maximum absolute atomic E-state index is 12.9. The van der Waals surface area contributed by atoms with E-state index in [1.807, 2.05) is 11.0 Å². The van der Waals surface area contributed by atoms with Gasteiger partial charge in [0.2, 0.25) is 5.91 Å². The van der Waals surface area contributed by atoms with Crippen LogP contribution < -0.4 is 4.90 Å². The number of rotatable bonds is 4. The number of hydrogen-bond donors (Lipinski definition) is 0. The van der Waals surface area contributed by atoms with Gasteiger partial charge in [0, 0.05) is 38.2 Å². The molecular formula is C19H25N7O3. The van der Waals surface area contributed by atoms with Crippen molar-refractivity contribution in [3.8, 4) is 5.82 Å². The Morgan fingerprint density at radius 3 is 2.31 bits per heavy atom. The van der Waals surface area contributed by atoms with Crippen molar-refractivity contribution in [2.45, 2.75) is 25.7 Å². The number of anilines is 1. The molecule has 0 aromatic carbocycles. The van der Waals surface area contributed by atoms with Gasteiger partial charge < -0.3 is 14.5 Å². The molecule has 10 heteroatoms. The third kappa shape index (κ3) is 4.20. The highest BCUT2D eigenvalue weighted by atomic mass is 16.5. The van der Waals surface area contributed by atoms with Crippen LogP contribution in [0, 0.1) is 11.8 Å². The summed E-state index contributed by atoms with van der Waals surface area (Å²) in [6.45, 7) is 2.80. The van der Waals surface area contributed by atoms with E-state index < -0.39 is 0 Å². The summed E-state index contributed by atoms with van der Waals surface area (Å²) >= 11 is 0. The zero-order chi connectivity index (χ0) is 20.2. The van der Waals surface area contributed by atoms with Crippen LogP contribution >= 0.6 is 0 Å². The van der Waals surface area contributed by atoms with Crippen LogP contribution in [0.15, 0.2) is 25.0 Å². The van der Waals surface area contributed by atoms with E-state index in [1.54, 1.807) is 11.0 Å². The van der Waals surface area contributed by atoms with Crippen molar-refractivity contribution in [1.29, 1.82) is 0 Å². The third-order valence-electron chi connectivity index (χ3n) is 5.80. The average molecular weight is 399 g/mol. The van der Waals surface area contributed by atoms with Gasteiger partial charge in [0.25, 0.3) is 0 Å². The summed E-state index contributed by atoms with van der Waals surface area (Å²) in [5.41, 5.74) is 0. The molecule has 4 heterocycles.